The van der Waals surface area contributed by atoms with Crippen LogP contribution in [-0.4, -0.2) is 5.91 Å². The molecule has 2 rings (SSSR count). The zero-order valence-electron chi connectivity index (χ0n) is 8.23. The molecule has 0 saturated heterocycles. The molecule has 15 heavy (non-hydrogen) atoms. The van der Waals surface area contributed by atoms with Gasteiger partial charge in [0.2, 0.25) is 11.4 Å². The molecule has 1 amide bonds. The number of nitrogens with zero attached hydrogens (tertiary/aromatic N) is 1. The lowest BCUT2D eigenvalue weighted by atomic mass is 10.2. The van der Waals surface area contributed by atoms with Crippen LogP contribution in [0.3, 0.4) is 0 Å². The number of rotatable bonds is 1. The topological polar surface area (TPSA) is 56.0 Å². The van der Waals surface area contributed by atoms with Gasteiger partial charge in [0.05, 0.1) is 11.1 Å². The van der Waals surface area contributed by atoms with Crippen molar-refractivity contribution < 1.29 is 9.52 Å². The highest BCUT2D eigenvalue weighted by atomic mass is 16.5. The molecule has 0 bridgehead atoms. The molecule has 0 unspecified atom stereocenters. The van der Waals surface area contributed by atoms with E-state index in [1.54, 1.807) is 24.3 Å². The molecule has 1 aromatic heterocycles. The van der Waals surface area contributed by atoms with Crippen molar-refractivity contribution in [3.05, 3.63) is 41.7 Å². The smallest absolute Gasteiger partial charge is 0.225 e. The Morgan fingerprint density at radius 2 is 2.07 bits per heavy atom. The maximum atomic E-state index is 11.4. The zero-order chi connectivity index (χ0) is 10.8. The summed E-state index contributed by atoms with van der Waals surface area (Å²) in [5.74, 6) is -0.149. The van der Waals surface area contributed by atoms with Crippen LogP contribution in [0.25, 0.3) is 10.9 Å². The number of carbonyl (C=O) groups is 1. The van der Waals surface area contributed by atoms with Crippen LogP contribution in [0.1, 0.15) is 6.92 Å². The van der Waals surface area contributed by atoms with Gasteiger partial charge in [-0.3, -0.25) is 4.79 Å². The second-order valence-electron chi connectivity index (χ2n) is 3.25. The lowest BCUT2D eigenvalue weighted by Crippen LogP contribution is -2.26. The minimum Gasteiger partial charge on any atom is -0.618 e. The summed E-state index contributed by atoms with van der Waals surface area (Å²) in [4.78, 5) is 10.9. The van der Waals surface area contributed by atoms with Gasteiger partial charge in [0.25, 0.3) is 0 Å². The molecule has 0 aliphatic carbocycles. The van der Waals surface area contributed by atoms with Gasteiger partial charge >= 0.3 is 0 Å². The number of amides is 1. The Morgan fingerprint density at radius 1 is 1.33 bits per heavy atom. The highest BCUT2D eigenvalue weighted by Gasteiger charge is 2.08. The third-order valence-electron chi connectivity index (χ3n) is 2.12. The van der Waals surface area contributed by atoms with Crippen LogP contribution in [0.4, 0.5) is 5.69 Å². The van der Waals surface area contributed by atoms with E-state index in [-0.39, 0.29) is 5.91 Å². The minimum atomic E-state index is -0.149. The van der Waals surface area contributed by atoms with Crippen LogP contribution in [0.2, 0.25) is 0 Å². The van der Waals surface area contributed by atoms with Gasteiger partial charge in [-0.25, -0.2) is 0 Å². The molecule has 76 valence electrons. The summed E-state index contributed by atoms with van der Waals surface area (Å²) in [6, 6.07) is 8.72. The molecule has 2 aromatic rings. The lowest BCUT2D eigenvalue weighted by Gasteiger charge is -2.06. The van der Waals surface area contributed by atoms with Crippen LogP contribution in [0.15, 0.2) is 36.5 Å². The Morgan fingerprint density at radius 3 is 2.80 bits per heavy atom. The Balaban J connectivity index is 2.66. The zero-order valence-corrected chi connectivity index (χ0v) is 8.23. The second-order valence-corrected chi connectivity index (χ2v) is 3.25. The first-order chi connectivity index (χ1) is 7.18. The first-order valence-corrected chi connectivity index (χ1v) is 4.57. The number of fused-ring (bicyclic) bond motifs is 1. The van der Waals surface area contributed by atoms with E-state index in [0.29, 0.717) is 11.2 Å². The summed E-state index contributed by atoms with van der Waals surface area (Å²) in [6.07, 6.45) is 1.38. The molecule has 0 fully saturated rings. The number of aromatic nitrogens is 1. The van der Waals surface area contributed by atoms with E-state index in [2.05, 4.69) is 5.32 Å². The number of anilines is 1. The van der Waals surface area contributed by atoms with Crippen LogP contribution in [0, 0.1) is 5.21 Å². The lowest BCUT2D eigenvalue weighted by molar-refractivity contribution is -0.576. The van der Waals surface area contributed by atoms with Gasteiger partial charge in [-0.05, 0) is 6.07 Å². The summed E-state index contributed by atoms with van der Waals surface area (Å²) in [5.41, 5.74) is 1.20. The highest BCUT2D eigenvalue weighted by Crippen LogP contribution is 2.19. The van der Waals surface area contributed by atoms with E-state index < -0.39 is 0 Å². The number of benzene rings is 1. The maximum absolute atomic E-state index is 11.4. The fraction of sp³-hybridized carbons (Fsp3) is 0.0909. The van der Waals surface area contributed by atoms with Crippen LogP contribution < -0.4 is 10.0 Å². The Bertz CT molecular complexity index is 523. The molecule has 0 atom stereocenters. The summed E-state index contributed by atoms with van der Waals surface area (Å²) in [6.45, 7) is 1.44. The maximum Gasteiger partial charge on any atom is 0.225 e. The molecule has 1 aromatic carbocycles. The van der Waals surface area contributed by atoms with Crippen molar-refractivity contribution in [1.82, 2.24) is 0 Å². The number of hydrogen-bond acceptors (Lipinski definition) is 2. The molecule has 0 saturated carbocycles. The summed E-state index contributed by atoms with van der Waals surface area (Å²) in [5, 5.41) is 14.8. The first kappa shape index (κ1) is 9.45. The fourth-order valence-electron chi connectivity index (χ4n) is 1.50. The quantitative estimate of drug-likeness (QED) is 0.561. The van der Waals surface area contributed by atoms with Gasteiger partial charge in [0, 0.05) is 19.1 Å². The fourth-order valence-corrected chi connectivity index (χ4v) is 1.50. The molecule has 4 nitrogen and oxygen atoms in total. The van der Waals surface area contributed by atoms with Crippen molar-refractivity contribution in [3.63, 3.8) is 0 Å². The normalized spacial score (nSPS) is 10.2. The Kier molecular flexibility index (Phi) is 2.25. The SMILES string of the molecule is CC(=O)Nc1cc[n+]([O-])c2ccccc12. The van der Waals surface area contributed by atoms with Gasteiger partial charge in [0.15, 0.2) is 6.20 Å². The van der Waals surface area contributed by atoms with Crippen molar-refractivity contribution in [2.24, 2.45) is 0 Å². The second kappa shape index (κ2) is 3.57. The van der Waals surface area contributed by atoms with Crippen LogP contribution in [0.5, 0.6) is 0 Å². The van der Waals surface area contributed by atoms with Gasteiger partial charge in [-0.15, -0.1) is 0 Å². The number of nitrogens with one attached hydrogen (secondary N) is 1. The van der Waals surface area contributed by atoms with Crippen molar-refractivity contribution in [2.45, 2.75) is 6.92 Å². The van der Waals surface area contributed by atoms with E-state index in [1.807, 2.05) is 6.07 Å². The van der Waals surface area contributed by atoms with E-state index in [4.69, 9.17) is 0 Å². The predicted molar refractivity (Wildman–Crippen MR) is 57.2 cm³/mol. The van der Waals surface area contributed by atoms with E-state index in [1.165, 1.54) is 13.1 Å². The molecule has 0 aliphatic heterocycles. The Hall–Kier alpha value is -2.10. The predicted octanol–water partition coefficient (Wildman–Crippen LogP) is 1.43. The third-order valence-corrected chi connectivity index (χ3v) is 2.12. The minimum absolute atomic E-state index is 0.149. The molecular formula is C11H10N2O2. The molecule has 0 spiro atoms. The average molecular weight is 202 g/mol. The molecule has 1 N–H and O–H groups in total. The molecular weight excluding hydrogens is 192 g/mol. The highest BCUT2D eigenvalue weighted by molar-refractivity contribution is 5.98. The largest absolute Gasteiger partial charge is 0.618 e. The average Bonchev–Trinajstić information content (AvgIpc) is 2.22. The standard InChI is InChI=1S/C11H10N2O2/c1-8(14)12-10-6-7-13(15)11-5-3-2-4-9(10)11/h2-7H,1H3,(H,12,14). The number of para-hydroxylation sites is 1. The molecule has 1 heterocycles. The molecule has 4 heteroatoms. The van der Waals surface area contributed by atoms with Gasteiger partial charge in [0.1, 0.15) is 0 Å². The van der Waals surface area contributed by atoms with Gasteiger partial charge < -0.3 is 10.5 Å². The van der Waals surface area contributed by atoms with Gasteiger partial charge in [-0.2, -0.15) is 4.73 Å². The third kappa shape index (κ3) is 1.74. The Labute approximate surface area is 86.7 Å². The number of hydrogen-bond donors (Lipinski definition) is 1. The van der Waals surface area contributed by atoms with Crippen molar-refractivity contribution in [1.29, 1.82) is 0 Å². The van der Waals surface area contributed by atoms with Gasteiger partial charge in [-0.1, -0.05) is 12.1 Å². The van der Waals surface area contributed by atoms with E-state index in [9.17, 15) is 10.0 Å². The molecule has 0 radical (unpaired) electrons. The van der Waals surface area contributed by atoms with Crippen LogP contribution in [-0.2, 0) is 4.79 Å². The summed E-state index contributed by atoms with van der Waals surface area (Å²) >= 11 is 0. The summed E-state index contributed by atoms with van der Waals surface area (Å²) < 4.78 is 0.778. The number of carbonyl (C=O) groups excluding carboxylic acids is 1. The first-order valence-electron chi connectivity index (χ1n) is 4.57. The van der Waals surface area contributed by atoms with Crippen molar-refractivity contribution >= 4 is 22.5 Å². The van der Waals surface area contributed by atoms with Crippen LogP contribution >= 0.6 is 0 Å². The monoisotopic (exact) mass is 202 g/mol. The number of pyridine rings is 1. The van der Waals surface area contributed by atoms with Crippen molar-refractivity contribution in [2.75, 3.05) is 5.32 Å². The summed E-state index contributed by atoms with van der Waals surface area (Å²) in [7, 11) is 0. The van der Waals surface area contributed by atoms with E-state index >= 15 is 0 Å². The van der Waals surface area contributed by atoms with E-state index in [0.717, 1.165) is 10.1 Å². The molecule has 0 aliphatic rings. The van der Waals surface area contributed by atoms with Crippen molar-refractivity contribution in [3.8, 4) is 0 Å².